The molecule has 1 aromatic rings. The number of benzene rings is 1. The molecule has 2 aliphatic heterocycles. The fraction of sp³-hybridized carbons (Fsp3) is 0.625. The Labute approximate surface area is 114 Å². The number of hydrogen-bond donors (Lipinski definition) is 1. The first-order valence-electron chi connectivity index (χ1n) is 7.32. The molecule has 19 heavy (non-hydrogen) atoms. The molecule has 1 fully saturated rings. The first kappa shape index (κ1) is 13.1. The Hall–Kier alpha value is -0.900. The predicted molar refractivity (Wildman–Crippen MR) is 73.1 cm³/mol. The lowest BCUT2D eigenvalue weighted by Crippen LogP contribution is -2.24. The second kappa shape index (κ2) is 6.04. The van der Waals surface area contributed by atoms with Crippen molar-refractivity contribution in [1.29, 1.82) is 0 Å². The second-order valence-electron chi connectivity index (χ2n) is 5.57. The summed E-state index contributed by atoms with van der Waals surface area (Å²) in [5.41, 5.74) is 2.61. The maximum Gasteiger partial charge on any atom is 0.0852 e. The van der Waals surface area contributed by atoms with Crippen molar-refractivity contribution in [3.05, 3.63) is 35.4 Å². The first-order chi connectivity index (χ1) is 9.33. The first-order valence-corrected chi connectivity index (χ1v) is 7.32. The minimum atomic E-state index is -0.334. The molecular formula is C16H22O3. The highest BCUT2D eigenvalue weighted by molar-refractivity contribution is 5.30. The zero-order chi connectivity index (χ0) is 13.1. The van der Waals surface area contributed by atoms with Crippen LogP contribution in [-0.2, 0) is 15.9 Å². The molecule has 0 spiro atoms. The van der Waals surface area contributed by atoms with Gasteiger partial charge in [0.15, 0.2) is 0 Å². The number of fused-ring (bicyclic) bond motifs is 1. The fourth-order valence-corrected chi connectivity index (χ4v) is 3.15. The van der Waals surface area contributed by atoms with E-state index in [9.17, 15) is 5.11 Å². The van der Waals surface area contributed by atoms with Gasteiger partial charge in [0.25, 0.3) is 0 Å². The number of hydrogen-bond acceptors (Lipinski definition) is 3. The van der Waals surface area contributed by atoms with Crippen molar-refractivity contribution >= 4 is 0 Å². The second-order valence-corrected chi connectivity index (χ2v) is 5.57. The van der Waals surface area contributed by atoms with Crippen molar-refractivity contribution in [2.45, 2.75) is 50.4 Å². The van der Waals surface area contributed by atoms with Gasteiger partial charge >= 0.3 is 0 Å². The van der Waals surface area contributed by atoms with E-state index in [0.717, 1.165) is 38.9 Å². The summed E-state index contributed by atoms with van der Waals surface area (Å²) in [5.74, 6) is 0. The molecule has 1 aromatic carbocycles. The van der Waals surface area contributed by atoms with Crippen LogP contribution in [0.3, 0.4) is 0 Å². The average molecular weight is 262 g/mol. The Morgan fingerprint density at radius 3 is 2.89 bits per heavy atom. The van der Waals surface area contributed by atoms with Crippen LogP contribution in [0.5, 0.6) is 0 Å². The normalized spacial score (nSPS) is 28.1. The van der Waals surface area contributed by atoms with Gasteiger partial charge in [0.05, 0.1) is 24.9 Å². The standard InChI is InChI=1S/C16H22O3/c17-13(10-14-5-3-8-18-14)11-16-15-6-2-1-4-12(15)7-9-19-16/h1-2,4,6,13-14,16-17H,3,5,7-11H2. The van der Waals surface area contributed by atoms with E-state index < -0.39 is 0 Å². The van der Waals surface area contributed by atoms with Crippen LogP contribution in [0, 0.1) is 0 Å². The molecule has 0 aliphatic carbocycles. The molecule has 0 amide bonds. The molecule has 0 radical (unpaired) electrons. The SMILES string of the molecule is OC(CC1CCCO1)CC1OCCc2ccccc21. The molecule has 3 heteroatoms. The van der Waals surface area contributed by atoms with Gasteiger partial charge in [0.2, 0.25) is 0 Å². The van der Waals surface area contributed by atoms with Crippen molar-refractivity contribution in [3.8, 4) is 0 Å². The van der Waals surface area contributed by atoms with Gasteiger partial charge < -0.3 is 14.6 Å². The van der Waals surface area contributed by atoms with Crippen molar-refractivity contribution in [3.63, 3.8) is 0 Å². The topological polar surface area (TPSA) is 38.7 Å². The van der Waals surface area contributed by atoms with Crippen LogP contribution in [0.4, 0.5) is 0 Å². The van der Waals surface area contributed by atoms with Gasteiger partial charge in [-0.15, -0.1) is 0 Å². The van der Waals surface area contributed by atoms with Gasteiger partial charge in [0, 0.05) is 13.0 Å². The molecule has 1 N–H and O–H groups in total. The zero-order valence-electron chi connectivity index (χ0n) is 11.3. The molecule has 2 heterocycles. The Bertz CT molecular complexity index is 412. The van der Waals surface area contributed by atoms with E-state index >= 15 is 0 Å². The molecule has 0 saturated carbocycles. The van der Waals surface area contributed by atoms with Crippen LogP contribution in [0.1, 0.15) is 42.9 Å². The Morgan fingerprint density at radius 1 is 1.16 bits per heavy atom. The summed E-state index contributed by atoms with van der Waals surface area (Å²) < 4.78 is 11.4. The number of aliphatic hydroxyl groups excluding tert-OH is 1. The third-order valence-electron chi connectivity index (χ3n) is 4.14. The third kappa shape index (κ3) is 3.16. The lowest BCUT2D eigenvalue weighted by Gasteiger charge is -2.28. The van der Waals surface area contributed by atoms with Crippen molar-refractivity contribution in [2.75, 3.05) is 13.2 Å². The van der Waals surface area contributed by atoms with Crippen LogP contribution >= 0.6 is 0 Å². The highest BCUT2D eigenvalue weighted by Gasteiger charge is 2.26. The molecule has 3 nitrogen and oxygen atoms in total. The van der Waals surface area contributed by atoms with Gasteiger partial charge in [-0.1, -0.05) is 24.3 Å². The highest BCUT2D eigenvalue weighted by Crippen LogP contribution is 2.31. The van der Waals surface area contributed by atoms with Crippen LogP contribution in [0.15, 0.2) is 24.3 Å². The van der Waals surface area contributed by atoms with Crippen molar-refractivity contribution in [1.82, 2.24) is 0 Å². The van der Waals surface area contributed by atoms with Crippen molar-refractivity contribution in [2.24, 2.45) is 0 Å². The summed E-state index contributed by atoms with van der Waals surface area (Å²) in [6, 6.07) is 8.41. The number of aliphatic hydroxyl groups is 1. The molecule has 0 bridgehead atoms. The van der Waals surface area contributed by atoms with E-state index in [1.54, 1.807) is 0 Å². The summed E-state index contributed by atoms with van der Waals surface area (Å²) in [6.07, 6.45) is 4.56. The summed E-state index contributed by atoms with van der Waals surface area (Å²) >= 11 is 0. The minimum absolute atomic E-state index is 0.0429. The predicted octanol–water partition coefficient (Wildman–Crippen LogP) is 2.62. The van der Waals surface area contributed by atoms with Crippen LogP contribution < -0.4 is 0 Å². The van der Waals surface area contributed by atoms with Gasteiger partial charge in [-0.25, -0.2) is 0 Å². The maximum absolute atomic E-state index is 10.2. The molecule has 3 rings (SSSR count). The Balaban J connectivity index is 1.60. The van der Waals surface area contributed by atoms with Crippen LogP contribution in [-0.4, -0.2) is 30.5 Å². The summed E-state index contributed by atoms with van der Waals surface area (Å²) in [4.78, 5) is 0. The minimum Gasteiger partial charge on any atom is -0.393 e. The molecule has 3 unspecified atom stereocenters. The summed E-state index contributed by atoms with van der Waals surface area (Å²) in [7, 11) is 0. The fourth-order valence-electron chi connectivity index (χ4n) is 3.15. The van der Waals surface area contributed by atoms with Crippen molar-refractivity contribution < 1.29 is 14.6 Å². The summed E-state index contributed by atoms with van der Waals surface area (Å²) in [5, 5.41) is 10.2. The quantitative estimate of drug-likeness (QED) is 0.906. The van der Waals surface area contributed by atoms with E-state index in [-0.39, 0.29) is 18.3 Å². The zero-order valence-corrected chi connectivity index (χ0v) is 11.3. The van der Waals surface area contributed by atoms with Gasteiger partial charge in [-0.2, -0.15) is 0 Å². The summed E-state index contributed by atoms with van der Waals surface area (Å²) in [6.45, 7) is 1.61. The Kier molecular flexibility index (Phi) is 4.16. The van der Waals surface area contributed by atoms with Gasteiger partial charge in [-0.05, 0) is 36.8 Å². The molecule has 104 valence electrons. The van der Waals surface area contributed by atoms with Gasteiger partial charge in [-0.3, -0.25) is 0 Å². The molecule has 0 aromatic heterocycles. The maximum atomic E-state index is 10.2. The lowest BCUT2D eigenvalue weighted by molar-refractivity contribution is -0.0126. The van der Waals surface area contributed by atoms with E-state index in [4.69, 9.17) is 9.47 Å². The van der Waals surface area contributed by atoms with E-state index in [2.05, 4.69) is 18.2 Å². The molecular weight excluding hydrogens is 240 g/mol. The van der Waals surface area contributed by atoms with Crippen LogP contribution in [0.2, 0.25) is 0 Å². The number of rotatable bonds is 4. The lowest BCUT2D eigenvalue weighted by atomic mass is 9.93. The smallest absolute Gasteiger partial charge is 0.0852 e. The van der Waals surface area contributed by atoms with E-state index in [1.807, 2.05) is 6.07 Å². The van der Waals surface area contributed by atoms with Crippen LogP contribution in [0.25, 0.3) is 0 Å². The van der Waals surface area contributed by atoms with Gasteiger partial charge in [0.1, 0.15) is 0 Å². The largest absolute Gasteiger partial charge is 0.393 e. The average Bonchev–Trinajstić information content (AvgIpc) is 2.92. The molecule has 2 aliphatic rings. The highest BCUT2D eigenvalue weighted by atomic mass is 16.5. The number of ether oxygens (including phenoxy) is 2. The Morgan fingerprint density at radius 2 is 2.05 bits per heavy atom. The molecule has 1 saturated heterocycles. The third-order valence-corrected chi connectivity index (χ3v) is 4.14. The molecule has 3 atom stereocenters. The monoisotopic (exact) mass is 262 g/mol. The van der Waals surface area contributed by atoms with E-state index in [0.29, 0.717) is 6.42 Å². The van der Waals surface area contributed by atoms with E-state index in [1.165, 1.54) is 11.1 Å².